The Morgan fingerprint density at radius 1 is 1.33 bits per heavy atom. The molecule has 0 spiro atoms. The molecule has 0 saturated carbocycles. The van der Waals surface area contributed by atoms with E-state index in [1.165, 1.54) is 6.92 Å². The van der Waals surface area contributed by atoms with Crippen molar-refractivity contribution < 1.29 is 19.4 Å². The van der Waals surface area contributed by atoms with Crippen LogP contribution >= 0.6 is 0 Å². The van der Waals surface area contributed by atoms with Gasteiger partial charge in [-0.25, -0.2) is 0 Å². The molecular formula is C16H25NO4. The molecule has 1 aromatic rings. The normalized spacial score (nSPS) is 12.1. The molecule has 5 nitrogen and oxygen atoms in total. The van der Waals surface area contributed by atoms with Crippen LogP contribution in [0.5, 0.6) is 11.5 Å². The van der Waals surface area contributed by atoms with Crippen LogP contribution in [-0.2, 0) is 4.79 Å². The number of hydrogen-bond donors (Lipinski definition) is 2. The highest BCUT2D eigenvalue weighted by Crippen LogP contribution is 2.33. The molecule has 0 radical (unpaired) electrons. The third-order valence-corrected chi connectivity index (χ3v) is 3.29. The molecule has 118 valence electrons. The molecule has 0 aliphatic rings. The molecule has 1 rings (SSSR count). The van der Waals surface area contributed by atoms with Gasteiger partial charge in [-0.05, 0) is 50.1 Å². The van der Waals surface area contributed by atoms with Crippen molar-refractivity contribution in [1.82, 2.24) is 5.32 Å². The van der Waals surface area contributed by atoms with Gasteiger partial charge in [0.05, 0.1) is 0 Å². The predicted octanol–water partition coefficient (Wildman–Crippen LogP) is 1.89. The number of aliphatic hydroxyl groups excluding tert-OH is 1. The maximum absolute atomic E-state index is 11.1. The van der Waals surface area contributed by atoms with Crippen molar-refractivity contribution >= 4 is 5.97 Å². The average Bonchev–Trinajstić information content (AvgIpc) is 2.43. The van der Waals surface area contributed by atoms with Gasteiger partial charge in [0.15, 0.2) is 0 Å². The molecule has 0 saturated heterocycles. The van der Waals surface area contributed by atoms with Crippen LogP contribution in [0.4, 0.5) is 0 Å². The Morgan fingerprint density at radius 2 is 2.00 bits per heavy atom. The molecular weight excluding hydrogens is 270 g/mol. The maximum atomic E-state index is 11.1. The number of nitrogens with one attached hydrogen (secondary N) is 1. The Bertz CT molecular complexity index is 500. The van der Waals surface area contributed by atoms with Crippen molar-refractivity contribution in [2.45, 2.75) is 40.7 Å². The van der Waals surface area contributed by atoms with Gasteiger partial charge in [0.1, 0.15) is 24.2 Å². The Balaban J connectivity index is 2.83. The van der Waals surface area contributed by atoms with E-state index in [2.05, 4.69) is 5.32 Å². The Kier molecular flexibility index (Phi) is 6.65. The summed E-state index contributed by atoms with van der Waals surface area (Å²) in [4.78, 5) is 11.1. The first-order valence-corrected chi connectivity index (χ1v) is 7.17. The lowest BCUT2D eigenvalue weighted by Gasteiger charge is -2.18. The quantitative estimate of drug-likeness (QED) is 0.594. The smallest absolute Gasteiger partial charge is 0.308 e. The zero-order chi connectivity index (χ0) is 16.0. The van der Waals surface area contributed by atoms with E-state index in [9.17, 15) is 9.90 Å². The minimum Gasteiger partial charge on any atom is -0.491 e. The molecule has 0 aliphatic heterocycles. The highest BCUT2D eigenvalue weighted by Gasteiger charge is 2.15. The lowest BCUT2D eigenvalue weighted by atomic mass is 10.0. The zero-order valence-corrected chi connectivity index (χ0v) is 13.4. The van der Waals surface area contributed by atoms with Crippen LogP contribution < -0.4 is 14.8 Å². The molecule has 0 fully saturated rings. The first kappa shape index (κ1) is 17.5. The predicted molar refractivity (Wildman–Crippen MR) is 82.0 cm³/mol. The monoisotopic (exact) mass is 295 g/mol. The molecule has 0 amide bonds. The van der Waals surface area contributed by atoms with Crippen molar-refractivity contribution in [3.8, 4) is 11.5 Å². The molecule has 0 heterocycles. The fourth-order valence-corrected chi connectivity index (χ4v) is 2.03. The number of aliphatic hydroxyl groups is 1. The van der Waals surface area contributed by atoms with Crippen LogP contribution in [-0.4, -0.2) is 36.9 Å². The summed E-state index contributed by atoms with van der Waals surface area (Å²) >= 11 is 0. The van der Waals surface area contributed by atoms with E-state index in [1.807, 2.05) is 33.8 Å². The molecule has 1 aromatic carbocycles. The minimum absolute atomic E-state index is 0.222. The van der Waals surface area contributed by atoms with Gasteiger partial charge in [0, 0.05) is 13.5 Å². The average molecular weight is 295 g/mol. The van der Waals surface area contributed by atoms with Crippen molar-refractivity contribution in [3.05, 3.63) is 22.8 Å². The van der Waals surface area contributed by atoms with Crippen molar-refractivity contribution in [2.24, 2.45) is 0 Å². The van der Waals surface area contributed by atoms with Crippen molar-refractivity contribution in [2.75, 3.05) is 19.7 Å². The van der Waals surface area contributed by atoms with Crippen molar-refractivity contribution in [1.29, 1.82) is 0 Å². The number of esters is 1. The maximum Gasteiger partial charge on any atom is 0.308 e. The summed E-state index contributed by atoms with van der Waals surface area (Å²) < 4.78 is 10.9. The number of carbonyl (C=O) groups excluding carboxylic acids is 1. The third-order valence-electron chi connectivity index (χ3n) is 3.29. The largest absolute Gasteiger partial charge is 0.491 e. The van der Waals surface area contributed by atoms with E-state index in [-0.39, 0.29) is 12.6 Å². The summed E-state index contributed by atoms with van der Waals surface area (Å²) in [5.74, 6) is 0.951. The standard InChI is InChI=1S/C16H25NO4/c1-6-17-8-14(19)9-20-15-7-10(2)16(21-13(5)18)12(4)11(15)3/h7,14,17,19H,6,8-9H2,1-5H3. The van der Waals surface area contributed by atoms with E-state index < -0.39 is 6.10 Å². The van der Waals surface area contributed by atoms with Gasteiger partial charge in [0.2, 0.25) is 0 Å². The number of benzene rings is 1. The van der Waals surface area contributed by atoms with Crippen LogP contribution in [0.1, 0.15) is 30.5 Å². The molecule has 1 unspecified atom stereocenters. The van der Waals surface area contributed by atoms with Crippen LogP contribution in [0.3, 0.4) is 0 Å². The molecule has 0 bridgehead atoms. The fraction of sp³-hybridized carbons (Fsp3) is 0.562. The first-order chi connectivity index (χ1) is 9.86. The second-order valence-corrected chi connectivity index (χ2v) is 5.14. The topological polar surface area (TPSA) is 67.8 Å². The van der Waals surface area contributed by atoms with Gasteiger partial charge < -0.3 is 19.9 Å². The summed E-state index contributed by atoms with van der Waals surface area (Å²) in [6.45, 7) is 10.6. The molecule has 21 heavy (non-hydrogen) atoms. The molecule has 1 atom stereocenters. The lowest BCUT2D eigenvalue weighted by molar-refractivity contribution is -0.131. The van der Waals surface area contributed by atoms with Crippen LogP contribution in [0.2, 0.25) is 0 Å². The number of carbonyl (C=O) groups is 1. The van der Waals surface area contributed by atoms with E-state index in [0.717, 1.165) is 23.2 Å². The Hall–Kier alpha value is -1.59. The number of rotatable bonds is 7. The van der Waals surface area contributed by atoms with Gasteiger partial charge in [-0.15, -0.1) is 0 Å². The zero-order valence-electron chi connectivity index (χ0n) is 13.4. The van der Waals surface area contributed by atoms with Gasteiger partial charge in [-0.1, -0.05) is 6.92 Å². The van der Waals surface area contributed by atoms with Gasteiger partial charge in [-0.3, -0.25) is 4.79 Å². The molecule has 0 aliphatic carbocycles. The van der Waals surface area contributed by atoms with E-state index in [0.29, 0.717) is 18.0 Å². The van der Waals surface area contributed by atoms with Gasteiger partial charge >= 0.3 is 5.97 Å². The highest BCUT2D eigenvalue weighted by molar-refractivity contribution is 5.71. The molecule has 5 heteroatoms. The second-order valence-electron chi connectivity index (χ2n) is 5.14. The Morgan fingerprint density at radius 3 is 2.57 bits per heavy atom. The van der Waals surface area contributed by atoms with Crippen molar-refractivity contribution in [3.63, 3.8) is 0 Å². The fourth-order valence-electron chi connectivity index (χ4n) is 2.03. The van der Waals surface area contributed by atoms with E-state index >= 15 is 0 Å². The molecule has 2 N–H and O–H groups in total. The SMILES string of the molecule is CCNCC(O)COc1cc(C)c(OC(C)=O)c(C)c1C. The summed E-state index contributed by atoms with van der Waals surface area (Å²) in [5.41, 5.74) is 2.62. The third kappa shape index (κ3) is 5.02. The summed E-state index contributed by atoms with van der Waals surface area (Å²) in [6.07, 6.45) is -0.557. The number of aryl methyl sites for hydroxylation is 1. The van der Waals surface area contributed by atoms with E-state index in [1.54, 1.807) is 0 Å². The Labute approximate surface area is 126 Å². The first-order valence-electron chi connectivity index (χ1n) is 7.17. The van der Waals surface area contributed by atoms with Gasteiger partial charge in [-0.2, -0.15) is 0 Å². The van der Waals surface area contributed by atoms with E-state index in [4.69, 9.17) is 9.47 Å². The lowest BCUT2D eigenvalue weighted by Crippen LogP contribution is -2.31. The van der Waals surface area contributed by atoms with Crippen LogP contribution in [0.15, 0.2) is 6.07 Å². The molecule has 0 aromatic heterocycles. The minimum atomic E-state index is -0.557. The summed E-state index contributed by atoms with van der Waals surface area (Å²) in [6, 6.07) is 1.83. The second kappa shape index (κ2) is 8.00. The number of hydrogen-bond acceptors (Lipinski definition) is 5. The van der Waals surface area contributed by atoms with Crippen LogP contribution in [0, 0.1) is 20.8 Å². The number of ether oxygens (including phenoxy) is 2. The summed E-state index contributed by atoms with van der Waals surface area (Å²) in [5, 5.41) is 12.9. The van der Waals surface area contributed by atoms with Crippen LogP contribution in [0.25, 0.3) is 0 Å². The van der Waals surface area contributed by atoms with Gasteiger partial charge in [0.25, 0.3) is 0 Å². The highest BCUT2D eigenvalue weighted by atomic mass is 16.5. The summed E-state index contributed by atoms with van der Waals surface area (Å²) in [7, 11) is 0. The number of likely N-dealkylation sites (N-methyl/N-ethyl adjacent to an activating group) is 1.